The van der Waals surface area contributed by atoms with Gasteiger partial charge in [0.05, 0.1) is 18.5 Å². The van der Waals surface area contributed by atoms with Gasteiger partial charge in [0.2, 0.25) is 0 Å². The quantitative estimate of drug-likeness (QED) is 0.707. The van der Waals surface area contributed by atoms with Crippen LogP contribution in [0.3, 0.4) is 0 Å². The normalized spacial score (nSPS) is 55.4. The van der Waals surface area contributed by atoms with E-state index in [1.807, 2.05) is 6.07 Å². The van der Waals surface area contributed by atoms with Gasteiger partial charge in [-0.15, -0.1) is 0 Å². The molecule has 1 aromatic rings. The van der Waals surface area contributed by atoms with Crippen LogP contribution in [0.4, 0.5) is 0 Å². The van der Waals surface area contributed by atoms with Crippen LogP contribution in [0.15, 0.2) is 27.6 Å². The smallest absolute Gasteiger partial charge is 0.335 e. The minimum Gasteiger partial charge on any atom is -0.431 e. The van der Waals surface area contributed by atoms with E-state index < -0.39 is 6.10 Å². The van der Waals surface area contributed by atoms with Crippen LogP contribution in [0.25, 0.3) is 0 Å². The maximum atomic E-state index is 11.5. The van der Waals surface area contributed by atoms with Crippen LogP contribution in [0.1, 0.15) is 70.3 Å². The molecule has 1 spiro atoms. The lowest BCUT2D eigenvalue weighted by Crippen LogP contribution is -2.58. The van der Waals surface area contributed by atoms with E-state index in [1.54, 1.807) is 6.26 Å². The number of aliphatic hydroxyl groups is 2. The fraction of sp³-hybridized carbons (Fsp3) is 0.792. The monoisotopic (exact) mass is 400 g/mol. The number of ether oxygens (including phenoxy) is 1. The number of fused-ring (bicyclic) bond motifs is 3. The van der Waals surface area contributed by atoms with Crippen LogP contribution in [0.5, 0.6) is 0 Å². The Morgan fingerprint density at radius 2 is 1.86 bits per heavy atom. The standard InChI is InChI=1S/C24H32O5/c1-22-9-7-15(25)11-14(22)4-5-17-16(22)8-10-23(2)19(13-3-6-18(26)28-12-13)20(27)21-24(17,23)29-21/h3,6,12,14-17,19-21,25,27H,4-5,7-11H2,1-2H3/t14-,15-,16-,17+,19-,20+,21+,22-,23+,24+/m0/s1. The molecule has 5 heteroatoms. The van der Waals surface area contributed by atoms with E-state index >= 15 is 0 Å². The molecule has 4 saturated carbocycles. The predicted octanol–water partition coefficient (Wildman–Crippen LogP) is 3.23. The lowest BCUT2D eigenvalue weighted by Gasteiger charge is -2.61. The second-order valence-corrected chi connectivity index (χ2v) is 11.1. The zero-order valence-electron chi connectivity index (χ0n) is 17.3. The molecule has 158 valence electrons. The van der Waals surface area contributed by atoms with Gasteiger partial charge in [-0.2, -0.15) is 0 Å². The summed E-state index contributed by atoms with van der Waals surface area (Å²) in [5, 5.41) is 21.5. The van der Waals surface area contributed by atoms with Crippen molar-refractivity contribution in [2.75, 3.05) is 0 Å². The highest BCUT2D eigenvalue weighted by molar-refractivity contribution is 5.38. The molecule has 0 aromatic carbocycles. The van der Waals surface area contributed by atoms with Gasteiger partial charge in [-0.3, -0.25) is 0 Å². The molecule has 29 heavy (non-hydrogen) atoms. The van der Waals surface area contributed by atoms with Gasteiger partial charge in [-0.25, -0.2) is 4.79 Å². The highest BCUT2D eigenvalue weighted by atomic mass is 16.6. The zero-order valence-corrected chi connectivity index (χ0v) is 17.3. The Morgan fingerprint density at radius 3 is 2.62 bits per heavy atom. The number of rotatable bonds is 1. The third kappa shape index (κ3) is 2.14. The van der Waals surface area contributed by atoms with Gasteiger partial charge in [-0.1, -0.05) is 13.8 Å². The molecule has 0 bridgehead atoms. The van der Waals surface area contributed by atoms with Gasteiger partial charge in [0.1, 0.15) is 11.7 Å². The van der Waals surface area contributed by atoms with E-state index in [1.165, 1.54) is 6.07 Å². The SMILES string of the molecule is C[C@]12CC[C@H](O)C[C@@H]1CC[C@@H]1[C@@H]2CC[C@]2(C)[C@@H](c3ccc(=O)oc3)[C@@H](O)[C@H]3O[C@]132. The van der Waals surface area contributed by atoms with Crippen LogP contribution in [0.2, 0.25) is 0 Å². The molecular formula is C24H32O5. The molecule has 10 atom stereocenters. The molecule has 6 rings (SSSR count). The summed E-state index contributed by atoms with van der Waals surface area (Å²) in [6, 6.07) is 3.30. The molecule has 1 saturated heterocycles. The van der Waals surface area contributed by atoms with E-state index in [-0.39, 0.29) is 40.2 Å². The van der Waals surface area contributed by atoms with Gasteiger partial charge < -0.3 is 19.4 Å². The second-order valence-electron chi connectivity index (χ2n) is 11.1. The van der Waals surface area contributed by atoms with Crippen LogP contribution in [-0.2, 0) is 4.74 Å². The Labute approximate surface area is 171 Å². The van der Waals surface area contributed by atoms with Gasteiger partial charge in [0.25, 0.3) is 0 Å². The van der Waals surface area contributed by atoms with Gasteiger partial charge in [0, 0.05) is 17.4 Å². The van der Waals surface area contributed by atoms with Crippen LogP contribution >= 0.6 is 0 Å². The van der Waals surface area contributed by atoms with Crippen molar-refractivity contribution in [3.63, 3.8) is 0 Å². The summed E-state index contributed by atoms with van der Waals surface area (Å²) in [4.78, 5) is 11.5. The molecule has 2 heterocycles. The Kier molecular flexibility index (Phi) is 3.68. The first-order valence-corrected chi connectivity index (χ1v) is 11.4. The maximum Gasteiger partial charge on any atom is 0.335 e. The molecule has 5 aliphatic rings. The minimum atomic E-state index is -0.551. The van der Waals surface area contributed by atoms with Crippen molar-refractivity contribution in [3.05, 3.63) is 34.4 Å². The molecule has 1 aromatic heterocycles. The largest absolute Gasteiger partial charge is 0.431 e. The van der Waals surface area contributed by atoms with E-state index in [4.69, 9.17) is 9.15 Å². The van der Waals surface area contributed by atoms with Crippen LogP contribution < -0.4 is 5.63 Å². The van der Waals surface area contributed by atoms with Crippen molar-refractivity contribution in [3.8, 4) is 0 Å². The minimum absolute atomic E-state index is 0.0507. The summed E-state index contributed by atoms with van der Waals surface area (Å²) in [7, 11) is 0. The number of epoxide rings is 1. The number of hydrogen-bond donors (Lipinski definition) is 2. The highest BCUT2D eigenvalue weighted by Gasteiger charge is 2.83. The first-order chi connectivity index (χ1) is 13.8. The Morgan fingerprint density at radius 1 is 1.03 bits per heavy atom. The molecule has 0 radical (unpaired) electrons. The fourth-order valence-electron chi connectivity index (χ4n) is 8.81. The predicted molar refractivity (Wildman–Crippen MR) is 106 cm³/mol. The summed E-state index contributed by atoms with van der Waals surface area (Å²) in [6.45, 7) is 4.76. The van der Waals surface area contributed by atoms with E-state index in [0.717, 1.165) is 50.5 Å². The summed E-state index contributed by atoms with van der Waals surface area (Å²) in [5.74, 6) is 1.63. The molecule has 0 amide bonds. The summed E-state index contributed by atoms with van der Waals surface area (Å²) < 4.78 is 11.6. The van der Waals surface area contributed by atoms with Crippen molar-refractivity contribution in [1.82, 2.24) is 0 Å². The first-order valence-electron chi connectivity index (χ1n) is 11.4. The summed E-state index contributed by atoms with van der Waals surface area (Å²) in [6.07, 6.45) is 8.19. The van der Waals surface area contributed by atoms with Gasteiger partial charge in [0.15, 0.2) is 0 Å². The number of hydrogen-bond acceptors (Lipinski definition) is 5. The van der Waals surface area contributed by atoms with Crippen LogP contribution in [-0.4, -0.2) is 34.1 Å². The second kappa shape index (κ2) is 5.74. The van der Waals surface area contributed by atoms with E-state index in [2.05, 4.69) is 13.8 Å². The van der Waals surface area contributed by atoms with Gasteiger partial charge in [-0.05, 0) is 79.7 Å². The maximum absolute atomic E-state index is 11.5. The first kappa shape index (κ1) is 18.6. The lowest BCUT2D eigenvalue weighted by molar-refractivity contribution is -0.143. The number of aliphatic hydroxyl groups excluding tert-OH is 2. The van der Waals surface area contributed by atoms with Crippen molar-refractivity contribution >= 4 is 0 Å². The van der Waals surface area contributed by atoms with Gasteiger partial charge >= 0.3 is 5.63 Å². The molecule has 2 N–H and O–H groups in total. The Balaban J connectivity index is 1.38. The van der Waals surface area contributed by atoms with Crippen molar-refractivity contribution in [2.24, 2.45) is 28.6 Å². The molecule has 4 aliphatic carbocycles. The third-order valence-corrected chi connectivity index (χ3v) is 10.2. The lowest BCUT2D eigenvalue weighted by atomic mass is 9.44. The summed E-state index contributed by atoms with van der Waals surface area (Å²) >= 11 is 0. The van der Waals surface area contributed by atoms with Crippen molar-refractivity contribution in [2.45, 2.75) is 88.6 Å². The van der Waals surface area contributed by atoms with Crippen molar-refractivity contribution in [1.29, 1.82) is 0 Å². The van der Waals surface area contributed by atoms with Crippen LogP contribution in [0, 0.1) is 28.6 Å². The Hall–Kier alpha value is -1.17. The average Bonchev–Trinajstić information content (AvgIpc) is 3.40. The fourth-order valence-corrected chi connectivity index (χ4v) is 8.81. The topological polar surface area (TPSA) is 83.2 Å². The molecule has 1 aliphatic heterocycles. The highest BCUT2D eigenvalue weighted by Crippen LogP contribution is 2.77. The summed E-state index contributed by atoms with van der Waals surface area (Å²) in [5.41, 5.74) is 0.457. The zero-order chi connectivity index (χ0) is 20.2. The molecule has 5 nitrogen and oxygen atoms in total. The van der Waals surface area contributed by atoms with E-state index in [9.17, 15) is 15.0 Å². The molecular weight excluding hydrogens is 368 g/mol. The molecule has 5 fully saturated rings. The third-order valence-electron chi connectivity index (χ3n) is 10.2. The van der Waals surface area contributed by atoms with Crippen molar-refractivity contribution < 1.29 is 19.4 Å². The average molecular weight is 401 g/mol. The molecule has 0 unspecified atom stereocenters. The van der Waals surface area contributed by atoms with E-state index in [0.29, 0.717) is 17.8 Å². The Bertz CT molecular complexity index is 875.